The summed E-state index contributed by atoms with van der Waals surface area (Å²) in [4.78, 5) is 20.7. The van der Waals surface area contributed by atoms with Gasteiger partial charge in [0.05, 0.1) is 5.88 Å². The molecule has 0 N–H and O–H groups in total. The van der Waals surface area contributed by atoms with E-state index in [9.17, 15) is 9.59 Å². The lowest BCUT2D eigenvalue weighted by molar-refractivity contribution is -0.157. The van der Waals surface area contributed by atoms with Crippen molar-refractivity contribution < 1.29 is 19.1 Å². The topological polar surface area (TPSA) is 52.6 Å². The van der Waals surface area contributed by atoms with Crippen molar-refractivity contribution in [3.05, 3.63) is 0 Å². The first-order valence-electron chi connectivity index (χ1n) is 3.01. The molecule has 0 spiro atoms. The highest BCUT2D eigenvalue weighted by Gasteiger charge is 2.03. The van der Waals surface area contributed by atoms with Crippen LogP contribution in [0.3, 0.4) is 0 Å². The molecule has 0 rings (SSSR count). The van der Waals surface area contributed by atoms with Crippen molar-refractivity contribution >= 4 is 23.5 Å². The van der Waals surface area contributed by atoms with Crippen LogP contribution in [0.1, 0.15) is 6.92 Å². The minimum absolute atomic E-state index is 0.141. The number of esters is 2. The number of hydrogen-bond donors (Lipinski definition) is 0. The molecule has 0 aliphatic rings. The molecule has 0 saturated carbocycles. The molecule has 0 aromatic carbocycles. The summed E-state index contributed by atoms with van der Waals surface area (Å²) in [5.74, 6) is -0.847. The summed E-state index contributed by atoms with van der Waals surface area (Å²) in [6.07, 6.45) is 0. The van der Waals surface area contributed by atoms with Crippen LogP contribution in [0.15, 0.2) is 0 Å². The Morgan fingerprint density at radius 2 is 2.00 bits per heavy atom. The van der Waals surface area contributed by atoms with E-state index in [1.54, 1.807) is 0 Å². The third-order valence-electron chi connectivity index (χ3n) is 0.733. The molecule has 0 aliphatic carbocycles. The Balaban J connectivity index is 3.30. The molecular weight excluding hydrogens is 172 g/mol. The maximum absolute atomic E-state index is 10.5. The first-order valence-corrected chi connectivity index (χ1v) is 3.55. The second kappa shape index (κ2) is 5.97. The predicted octanol–water partition coefficient (Wildman–Crippen LogP) is 0.331. The highest BCUT2D eigenvalue weighted by atomic mass is 35.5. The van der Waals surface area contributed by atoms with Crippen molar-refractivity contribution in [3.63, 3.8) is 0 Å². The van der Waals surface area contributed by atoms with Gasteiger partial charge in [0.2, 0.25) is 0 Å². The Bertz CT molecular complexity index is 146. The second-order valence-corrected chi connectivity index (χ2v) is 2.07. The standard InChI is InChI=1S/C6H9ClO4/c1-5(8)11-4-6(9)10-3-2-7/h2-4H2,1H3. The van der Waals surface area contributed by atoms with Gasteiger partial charge in [0.25, 0.3) is 0 Å². The fourth-order valence-electron chi connectivity index (χ4n) is 0.355. The highest BCUT2D eigenvalue weighted by Crippen LogP contribution is 1.83. The van der Waals surface area contributed by atoms with Gasteiger partial charge in [-0.3, -0.25) is 4.79 Å². The van der Waals surface area contributed by atoms with Gasteiger partial charge in [0, 0.05) is 6.92 Å². The van der Waals surface area contributed by atoms with E-state index in [2.05, 4.69) is 9.47 Å². The van der Waals surface area contributed by atoms with Gasteiger partial charge < -0.3 is 9.47 Å². The molecule has 0 heterocycles. The van der Waals surface area contributed by atoms with E-state index < -0.39 is 11.9 Å². The van der Waals surface area contributed by atoms with Crippen LogP contribution in [0, 0.1) is 0 Å². The van der Waals surface area contributed by atoms with Crippen LogP contribution in [-0.2, 0) is 19.1 Å². The number of carbonyl (C=O) groups is 2. The summed E-state index contributed by atoms with van der Waals surface area (Å²) in [7, 11) is 0. The molecule has 0 aliphatic heterocycles. The van der Waals surface area contributed by atoms with E-state index in [0.717, 1.165) is 0 Å². The summed E-state index contributed by atoms with van der Waals surface area (Å²) in [5, 5.41) is 0. The molecule has 0 unspecified atom stereocenters. The zero-order chi connectivity index (χ0) is 8.69. The summed E-state index contributed by atoms with van der Waals surface area (Å²) in [6.45, 7) is 1.02. The Morgan fingerprint density at radius 1 is 1.36 bits per heavy atom. The molecule has 0 amide bonds. The predicted molar refractivity (Wildman–Crippen MR) is 38.3 cm³/mol. The van der Waals surface area contributed by atoms with Crippen molar-refractivity contribution in [2.75, 3.05) is 19.1 Å². The third-order valence-corrected chi connectivity index (χ3v) is 0.888. The van der Waals surface area contributed by atoms with Gasteiger partial charge in [0.15, 0.2) is 6.61 Å². The molecule has 5 heteroatoms. The van der Waals surface area contributed by atoms with E-state index in [1.807, 2.05) is 0 Å². The summed E-state index contributed by atoms with van der Waals surface area (Å²) < 4.78 is 8.84. The van der Waals surface area contributed by atoms with Crippen LogP contribution in [-0.4, -0.2) is 31.0 Å². The molecule has 0 fully saturated rings. The first kappa shape index (κ1) is 10.2. The number of rotatable bonds is 4. The Kier molecular flexibility index (Phi) is 5.56. The zero-order valence-electron chi connectivity index (χ0n) is 6.13. The Morgan fingerprint density at radius 3 is 2.45 bits per heavy atom. The van der Waals surface area contributed by atoms with Gasteiger partial charge in [-0.25, -0.2) is 4.79 Å². The van der Waals surface area contributed by atoms with E-state index >= 15 is 0 Å². The molecule has 64 valence electrons. The molecule has 0 saturated heterocycles. The molecule has 4 nitrogen and oxygen atoms in total. The summed E-state index contributed by atoms with van der Waals surface area (Å²) >= 11 is 5.22. The SMILES string of the molecule is CC(=O)OCC(=O)OCCCl. The number of halogens is 1. The Labute approximate surface area is 69.4 Å². The van der Waals surface area contributed by atoms with E-state index in [0.29, 0.717) is 0 Å². The lowest BCUT2D eigenvalue weighted by Gasteiger charge is -2.01. The van der Waals surface area contributed by atoms with Crippen LogP contribution in [0.2, 0.25) is 0 Å². The third kappa shape index (κ3) is 7.12. The van der Waals surface area contributed by atoms with Gasteiger partial charge in [-0.05, 0) is 0 Å². The highest BCUT2D eigenvalue weighted by molar-refractivity contribution is 6.18. The van der Waals surface area contributed by atoms with Crippen LogP contribution in [0.5, 0.6) is 0 Å². The minimum atomic E-state index is -0.583. The van der Waals surface area contributed by atoms with Crippen molar-refractivity contribution in [1.29, 1.82) is 0 Å². The number of alkyl halides is 1. The fraction of sp³-hybridized carbons (Fsp3) is 0.667. The molecule has 11 heavy (non-hydrogen) atoms. The van der Waals surface area contributed by atoms with E-state index in [1.165, 1.54) is 6.92 Å². The van der Waals surface area contributed by atoms with Gasteiger partial charge in [-0.15, -0.1) is 11.6 Å². The first-order chi connectivity index (χ1) is 5.16. The smallest absolute Gasteiger partial charge is 0.344 e. The van der Waals surface area contributed by atoms with Gasteiger partial charge >= 0.3 is 11.9 Å². The van der Waals surface area contributed by atoms with Crippen molar-refractivity contribution in [2.45, 2.75) is 6.92 Å². The largest absolute Gasteiger partial charge is 0.462 e. The second-order valence-electron chi connectivity index (χ2n) is 1.69. The molecule has 0 aromatic rings. The van der Waals surface area contributed by atoms with Crippen LogP contribution < -0.4 is 0 Å². The molecular formula is C6H9ClO4. The van der Waals surface area contributed by atoms with Crippen molar-refractivity contribution in [1.82, 2.24) is 0 Å². The monoisotopic (exact) mass is 180 g/mol. The van der Waals surface area contributed by atoms with Crippen LogP contribution in [0.25, 0.3) is 0 Å². The maximum atomic E-state index is 10.5. The lowest BCUT2D eigenvalue weighted by atomic mass is 10.7. The van der Waals surface area contributed by atoms with Crippen molar-refractivity contribution in [2.24, 2.45) is 0 Å². The fourth-order valence-corrected chi connectivity index (χ4v) is 0.432. The minimum Gasteiger partial charge on any atom is -0.462 e. The lowest BCUT2D eigenvalue weighted by Crippen LogP contribution is -2.15. The van der Waals surface area contributed by atoms with Crippen molar-refractivity contribution in [3.8, 4) is 0 Å². The van der Waals surface area contributed by atoms with E-state index in [-0.39, 0.29) is 19.1 Å². The molecule has 0 aromatic heterocycles. The molecule has 0 bridgehead atoms. The Hall–Kier alpha value is -0.770. The maximum Gasteiger partial charge on any atom is 0.344 e. The van der Waals surface area contributed by atoms with Gasteiger partial charge in [-0.1, -0.05) is 0 Å². The quantitative estimate of drug-likeness (QED) is 0.462. The van der Waals surface area contributed by atoms with Crippen LogP contribution >= 0.6 is 11.6 Å². The zero-order valence-corrected chi connectivity index (χ0v) is 6.89. The van der Waals surface area contributed by atoms with Crippen LogP contribution in [0.4, 0.5) is 0 Å². The number of hydrogen-bond acceptors (Lipinski definition) is 4. The normalized spacial score (nSPS) is 8.91. The van der Waals surface area contributed by atoms with Gasteiger partial charge in [0.1, 0.15) is 6.61 Å². The molecule has 0 radical (unpaired) electrons. The average molecular weight is 181 g/mol. The van der Waals surface area contributed by atoms with Gasteiger partial charge in [-0.2, -0.15) is 0 Å². The average Bonchev–Trinajstić information content (AvgIpc) is 1.97. The van der Waals surface area contributed by atoms with E-state index in [4.69, 9.17) is 11.6 Å². The molecule has 0 atom stereocenters. The summed E-state index contributed by atoms with van der Waals surface area (Å²) in [6, 6.07) is 0. The number of ether oxygens (including phenoxy) is 2. The number of carbonyl (C=O) groups excluding carboxylic acids is 2. The summed E-state index contributed by atoms with van der Waals surface area (Å²) in [5.41, 5.74) is 0.